The number of benzene rings is 2. The topological polar surface area (TPSA) is 101 Å². The molecule has 152 valence electrons. The zero-order valence-electron chi connectivity index (χ0n) is 16.2. The van der Waals surface area contributed by atoms with Crippen LogP contribution in [0.1, 0.15) is 25.7 Å². The highest BCUT2D eigenvalue weighted by Gasteiger charge is 2.34. The molecule has 0 unspecified atom stereocenters. The lowest BCUT2D eigenvalue weighted by atomic mass is 10.1. The molecule has 2 aromatic heterocycles. The molecule has 8 nitrogen and oxygen atoms in total. The van der Waals surface area contributed by atoms with E-state index in [1.165, 1.54) is 22.6 Å². The molecule has 0 aliphatic carbocycles. The Kier molecular flexibility index (Phi) is 4.93. The monoisotopic (exact) mass is 428 g/mol. The molecule has 1 aliphatic heterocycles. The number of rotatable bonds is 6. The number of nitrogens with one attached hydrogen (secondary N) is 1. The summed E-state index contributed by atoms with van der Waals surface area (Å²) in [6.45, 7) is 0.257. The molecule has 0 fully saturated rings. The number of hydrogen-bond donors (Lipinski definition) is 1. The first-order valence-electron chi connectivity index (χ1n) is 9.61. The first kappa shape index (κ1) is 19.0. The van der Waals surface area contributed by atoms with E-state index in [4.69, 9.17) is 0 Å². The molecule has 0 atom stereocenters. The molecular weight excluding hydrogens is 412 g/mol. The zero-order valence-corrected chi connectivity index (χ0v) is 17.0. The van der Waals surface area contributed by atoms with Crippen molar-refractivity contribution in [1.29, 1.82) is 0 Å². The van der Waals surface area contributed by atoms with E-state index in [0.717, 1.165) is 16.3 Å². The Hall–Kier alpha value is -3.98. The smallest absolute Gasteiger partial charge is 0.261 e. The van der Waals surface area contributed by atoms with Crippen molar-refractivity contribution in [3.8, 4) is 11.3 Å². The van der Waals surface area contributed by atoms with Crippen molar-refractivity contribution in [1.82, 2.24) is 25.1 Å². The number of hydrogen-bond acceptors (Lipinski definition) is 8. The van der Waals surface area contributed by atoms with E-state index >= 15 is 0 Å². The van der Waals surface area contributed by atoms with Gasteiger partial charge in [0.2, 0.25) is 5.13 Å². The Balaban J connectivity index is 1.25. The highest BCUT2D eigenvalue weighted by atomic mass is 32.1. The predicted octanol–water partition coefficient (Wildman–Crippen LogP) is 3.58. The van der Waals surface area contributed by atoms with Crippen molar-refractivity contribution in [3.63, 3.8) is 0 Å². The molecule has 0 saturated carbocycles. The minimum Gasteiger partial charge on any atom is -0.315 e. The van der Waals surface area contributed by atoms with Crippen LogP contribution < -0.4 is 5.32 Å². The SMILES string of the molecule is O=C1c2ccccc2C(=O)N1CCc1nnc(Nc2cc(-c3ccccc3)ncn2)s1. The molecule has 1 aliphatic rings. The van der Waals surface area contributed by atoms with Gasteiger partial charge in [-0.05, 0) is 12.1 Å². The number of imide groups is 1. The lowest BCUT2D eigenvalue weighted by Gasteiger charge is -2.12. The third-order valence-electron chi connectivity index (χ3n) is 4.87. The Labute approximate surface area is 181 Å². The number of aromatic nitrogens is 4. The molecular formula is C22H16N6O2S. The van der Waals surface area contributed by atoms with E-state index in [0.29, 0.717) is 28.5 Å². The maximum Gasteiger partial charge on any atom is 0.261 e. The van der Waals surface area contributed by atoms with E-state index in [9.17, 15) is 9.59 Å². The summed E-state index contributed by atoms with van der Waals surface area (Å²) >= 11 is 1.36. The Morgan fingerprint density at radius 3 is 2.32 bits per heavy atom. The Morgan fingerprint density at radius 2 is 1.58 bits per heavy atom. The van der Waals surface area contributed by atoms with Gasteiger partial charge in [0.25, 0.3) is 11.8 Å². The molecule has 0 spiro atoms. The van der Waals surface area contributed by atoms with Gasteiger partial charge in [-0.15, -0.1) is 10.2 Å². The number of amides is 2. The van der Waals surface area contributed by atoms with Crippen molar-refractivity contribution in [2.45, 2.75) is 6.42 Å². The highest BCUT2D eigenvalue weighted by Crippen LogP contribution is 2.25. The van der Waals surface area contributed by atoms with Crippen molar-refractivity contribution >= 4 is 34.1 Å². The average Bonchev–Trinajstić information content (AvgIpc) is 3.35. The van der Waals surface area contributed by atoms with Gasteiger partial charge in [0.15, 0.2) is 0 Å². The summed E-state index contributed by atoms with van der Waals surface area (Å²) in [5, 5.41) is 12.7. The molecule has 0 saturated heterocycles. The van der Waals surface area contributed by atoms with Crippen LogP contribution in [0.5, 0.6) is 0 Å². The summed E-state index contributed by atoms with van der Waals surface area (Å²) in [4.78, 5) is 34.7. The number of nitrogens with zero attached hydrogens (tertiary/aromatic N) is 5. The second kappa shape index (κ2) is 8.04. The fourth-order valence-corrected chi connectivity index (χ4v) is 4.09. The van der Waals surface area contributed by atoms with Crippen LogP contribution in [0.15, 0.2) is 67.0 Å². The minimum absolute atomic E-state index is 0.257. The van der Waals surface area contributed by atoms with Gasteiger partial charge in [-0.2, -0.15) is 0 Å². The molecule has 5 rings (SSSR count). The van der Waals surface area contributed by atoms with Crippen molar-refractivity contribution in [3.05, 3.63) is 83.1 Å². The number of fused-ring (bicyclic) bond motifs is 1. The average molecular weight is 428 g/mol. The third-order valence-corrected chi connectivity index (χ3v) is 5.76. The second-order valence-corrected chi connectivity index (χ2v) is 7.90. The quantitative estimate of drug-likeness (QED) is 0.469. The van der Waals surface area contributed by atoms with Crippen LogP contribution in [0.2, 0.25) is 0 Å². The van der Waals surface area contributed by atoms with Gasteiger partial charge >= 0.3 is 0 Å². The van der Waals surface area contributed by atoms with E-state index in [1.807, 2.05) is 36.4 Å². The van der Waals surface area contributed by atoms with Crippen molar-refractivity contribution in [2.24, 2.45) is 0 Å². The van der Waals surface area contributed by atoms with Gasteiger partial charge < -0.3 is 5.32 Å². The van der Waals surface area contributed by atoms with E-state index in [-0.39, 0.29) is 18.4 Å². The zero-order chi connectivity index (χ0) is 21.2. The molecule has 0 radical (unpaired) electrons. The fourth-order valence-electron chi connectivity index (χ4n) is 3.36. The van der Waals surface area contributed by atoms with Crippen LogP contribution in [-0.2, 0) is 6.42 Å². The van der Waals surface area contributed by atoms with Crippen molar-refractivity contribution in [2.75, 3.05) is 11.9 Å². The molecule has 3 heterocycles. The molecule has 2 amide bonds. The summed E-state index contributed by atoms with van der Waals surface area (Å²) in [6, 6.07) is 18.5. The summed E-state index contributed by atoms with van der Waals surface area (Å²) < 4.78 is 0. The lowest BCUT2D eigenvalue weighted by molar-refractivity contribution is 0.0656. The Bertz CT molecular complexity index is 1240. The molecule has 31 heavy (non-hydrogen) atoms. The number of carbonyl (C=O) groups is 2. The van der Waals surface area contributed by atoms with Gasteiger partial charge in [0.1, 0.15) is 17.2 Å². The van der Waals surface area contributed by atoms with Crippen molar-refractivity contribution < 1.29 is 9.59 Å². The number of anilines is 2. The third kappa shape index (κ3) is 3.78. The van der Waals surface area contributed by atoms with Gasteiger partial charge in [-0.3, -0.25) is 14.5 Å². The summed E-state index contributed by atoms with van der Waals surface area (Å²) in [6.07, 6.45) is 1.93. The lowest BCUT2D eigenvalue weighted by Crippen LogP contribution is -2.31. The van der Waals surface area contributed by atoms with Crippen LogP contribution in [0, 0.1) is 0 Å². The molecule has 4 aromatic rings. The Morgan fingerprint density at radius 1 is 0.871 bits per heavy atom. The first-order valence-corrected chi connectivity index (χ1v) is 10.4. The van der Waals surface area contributed by atoms with Crippen LogP contribution in [0.25, 0.3) is 11.3 Å². The largest absolute Gasteiger partial charge is 0.315 e. The van der Waals surface area contributed by atoms with E-state index < -0.39 is 0 Å². The second-order valence-electron chi connectivity index (χ2n) is 6.84. The van der Waals surface area contributed by atoms with Crippen LogP contribution in [0.3, 0.4) is 0 Å². The van der Waals surface area contributed by atoms with Gasteiger partial charge in [-0.1, -0.05) is 53.8 Å². The fraction of sp³-hybridized carbons (Fsp3) is 0.0909. The normalized spacial score (nSPS) is 12.8. The van der Waals surface area contributed by atoms with Crippen LogP contribution in [-0.4, -0.2) is 43.4 Å². The highest BCUT2D eigenvalue weighted by molar-refractivity contribution is 7.15. The van der Waals surface area contributed by atoms with Crippen LogP contribution in [0.4, 0.5) is 10.9 Å². The summed E-state index contributed by atoms with van der Waals surface area (Å²) in [7, 11) is 0. The summed E-state index contributed by atoms with van der Waals surface area (Å²) in [5.41, 5.74) is 2.69. The van der Waals surface area contributed by atoms with Gasteiger partial charge in [0.05, 0.1) is 16.8 Å². The predicted molar refractivity (Wildman–Crippen MR) is 116 cm³/mol. The molecule has 2 aromatic carbocycles. The van der Waals surface area contributed by atoms with E-state index in [1.54, 1.807) is 24.3 Å². The maximum atomic E-state index is 12.5. The first-order chi connectivity index (χ1) is 15.2. The molecule has 0 bridgehead atoms. The standard InChI is InChI=1S/C22H16N6O2S/c29-20-15-8-4-5-9-16(15)21(30)28(20)11-10-19-26-27-22(31-19)25-18-12-17(23-13-24-18)14-6-2-1-3-7-14/h1-9,12-13H,10-11H2,(H,23,24,25,27). The van der Waals surface area contributed by atoms with Gasteiger partial charge in [-0.25, -0.2) is 9.97 Å². The summed E-state index contributed by atoms with van der Waals surface area (Å²) in [5.74, 6) is 0.0766. The molecule has 1 N–H and O–H groups in total. The van der Waals surface area contributed by atoms with E-state index in [2.05, 4.69) is 25.5 Å². The number of carbonyl (C=O) groups excluding carboxylic acids is 2. The molecule has 9 heteroatoms. The maximum absolute atomic E-state index is 12.5. The minimum atomic E-state index is -0.266. The van der Waals surface area contributed by atoms with Crippen LogP contribution >= 0.6 is 11.3 Å². The van der Waals surface area contributed by atoms with Gasteiger partial charge in [0, 0.05) is 24.6 Å².